The molecule has 0 aliphatic carbocycles. The third-order valence-electron chi connectivity index (χ3n) is 2.20. The van der Waals surface area contributed by atoms with E-state index in [9.17, 15) is 0 Å². The van der Waals surface area contributed by atoms with Crippen molar-refractivity contribution >= 4 is 0 Å². The first-order chi connectivity index (χ1) is 6.06. The van der Waals surface area contributed by atoms with Crippen LogP contribution in [-0.4, -0.2) is 0 Å². The van der Waals surface area contributed by atoms with E-state index in [1.54, 1.807) is 0 Å². The first kappa shape index (κ1) is 15.2. The molecule has 0 nitrogen and oxygen atoms in total. The molecule has 0 aromatic rings. The SMILES string of the molecule is C=C(C)CC(C)CC(C)CC.CC. The van der Waals surface area contributed by atoms with E-state index in [1.165, 1.54) is 24.8 Å². The monoisotopic (exact) mass is 184 g/mol. The Labute approximate surface area is 85.4 Å². The molecule has 2 unspecified atom stereocenters. The summed E-state index contributed by atoms with van der Waals surface area (Å²) in [6.45, 7) is 17.0. The Bertz CT molecular complexity index is 113. The Balaban J connectivity index is 0. The highest BCUT2D eigenvalue weighted by atomic mass is 14.1. The van der Waals surface area contributed by atoms with Crippen LogP contribution in [0.15, 0.2) is 12.2 Å². The van der Waals surface area contributed by atoms with E-state index in [1.807, 2.05) is 13.8 Å². The summed E-state index contributed by atoms with van der Waals surface area (Å²) in [6, 6.07) is 0. The molecule has 0 saturated heterocycles. The molecule has 0 aromatic carbocycles. The van der Waals surface area contributed by atoms with Crippen LogP contribution in [0.3, 0.4) is 0 Å². The molecule has 13 heavy (non-hydrogen) atoms. The van der Waals surface area contributed by atoms with Crippen LogP contribution in [0.1, 0.15) is 60.8 Å². The van der Waals surface area contributed by atoms with E-state index in [-0.39, 0.29) is 0 Å². The van der Waals surface area contributed by atoms with E-state index in [4.69, 9.17) is 0 Å². The fourth-order valence-corrected chi connectivity index (χ4v) is 1.53. The van der Waals surface area contributed by atoms with Gasteiger partial charge in [-0.1, -0.05) is 46.6 Å². The smallest absolute Gasteiger partial charge is 0.0300 e. The number of hydrogen-bond acceptors (Lipinski definition) is 0. The lowest BCUT2D eigenvalue weighted by atomic mass is 9.91. The average molecular weight is 184 g/mol. The van der Waals surface area contributed by atoms with E-state index < -0.39 is 0 Å². The molecule has 0 aliphatic rings. The topological polar surface area (TPSA) is 0 Å². The molecule has 0 heterocycles. The molecule has 0 aromatic heterocycles. The molecular weight excluding hydrogens is 156 g/mol. The maximum atomic E-state index is 3.93. The lowest BCUT2D eigenvalue weighted by Gasteiger charge is -2.15. The minimum absolute atomic E-state index is 0.822. The lowest BCUT2D eigenvalue weighted by Crippen LogP contribution is -2.02. The van der Waals surface area contributed by atoms with E-state index in [0.717, 1.165) is 11.8 Å². The van der Waals surface area contributed by atoms with Crippen LogP contribution < -0.4 is 0 Å². The molecule has 0 amide bonds. The Hall–Kier alpha value is -0.260. The second-order valence-electron chi connectivity index (χ2n) is 4.02. The summed E-state index contributed by atoms with van der Waals surface area (Å²) in [7, 11) is 0. The van der Waals surface area contributed by atoms with Crippen molar-refractivity contribution < 1.29 is 0 Å². The van der Waals surface area contributed by atoms with Gasteiger partial charge in [-0.15, -0.1) is 6.58 Å². The van der Waals surface area contributed by atoms with Crippen LogP contribution in [-0.2, 0) is 0 Å². The van der Waals surface area contributed by atoms with E-state index in [2.05, 4.69) is 34.3 Å². The van der Waals surface area contributed by atoms with Crippen molar-refractivity contribution in [1.82, 2.24) is 0 Å². The summed E-state index contributed by atoms with van der Waals surface area (Å²) in [6.07, 6.45) is 3.86. The summed E-state index contributed by atoms with van der Waals surface area (Å²) in [4.78, 5) is 0. The van der Waals surface area contributed by atoms with Gasteiger partial charge >= 0.3 is 0 Å². The molecule has 0 saturated carbocycles. The van der Waals surface area contributed by atoms with Gasteiger partial charge in [0.15, 0.2) is 0 Å². The van der Waals surface area contributed by atoms with Crippen LogP contribution in [0.5, 0.6) is 0 Å². The minimum Gasteiger partial charge on any atom is -0.100 e. The third kappa shape index (κ3) is 11.7. The minimum atomic E-state index is 0.822. The summed E-state index contributed by atoms with van der Waals surface area (Å²) >= 11 is 0. The first-order valence-electron chi connectivity index (χ1n) is 5.70. The zero-order chi connectivity index (χ0) is 10.9. The summed E-state index contributed by atoms with van der Waals surface area (Å²) in [5.74, 6) is 1.70. The molecule has 0 fully saturated rings. The Morgan fingerprint density at radius 1 is 1.15 bits per heavy atom. The van der Waals surface area contributed by atoms with Crippen molar-refractivity contribution in [1.29, 1.82) is 0 Å². The highest BCUT2D eigenvalue weighted by molar-refractivity contribution is 4.89. The second kappa shape index (κ2) is 9.83. The van der Waals surface area contributed by atoms with E-state index >= 15 is 0 Å². The van der Waals surface area contributed by atoms with Crippen molar-refractivity contribution in [3.63, 3.8) is 0 Å². The molecule has 0 rings (SSSR count). The highest BCUT2D eigenvalue weighted by Crippen LogP contribution is 2.19. The Kier molecular flexibility index (Phi) is 11.5. The van der Waals surface area contributed by atoms with Gasteiger partial charge in [0.05, 0.1) is 0 Å². The van der Waals surface area contributed by atoms with Crippen molar-refractivity contribution in [2.45, 2.75) is 60.8 Å². The van der Waals surface area contributed by atoms with Crippen molar-refractivity contribution in [3.8, 4) is 0 Å². The summed E-state index contributed by atoms with van der Waals surface area (Å²) < 4.78 is 0. The second-order valence-corrected chi connectivity index (χ2v) is 4.02. The van der Waals surface area contributed by atoms with Crippen molar-refractivity contribution in [3.05, 3.63) is 12.2 Å². The van der Waals surface area contributed by atoms with Gasteiger partial charge < -0.3 is 0 Å². The molecule has 80 valence electrons. The normalized spacial score (nSPS) is 14.0. The molecule has 0 bridgehead atoms. The van der Waals surface area contributed by atoms with Gasteiger partial charge in [-0.25, -0.2) is 0 Å². The molecule has 2 atom stereocenters. The quantitative estimate of drug-likeness (QED) is 0.524. The number of hydrogen-bond donors (Lipinski definition) is 0. The Morgan fingerprint density at radius 2 is 1.62 bits per heavy atom. The third-order valence-corrected chi connectivity index (χ3v) is 2.20. The molecule has 0 aliphatic heterocycles. The van der Waals surface area contributed by atoms with Gasteiger partial charge in [-0.05, 0) is 31.6 Å². The van der Waals surface area contributed by atoms with Crippen molar-refractivity contribution in [2.75, 3.05) is 0 Å². The van der Waals surface area contributed by atoms with Crippen LogP contribution >= 0.6 is 0 Å². The van der Waals surface area contributed by atoms with Gasteiger partial charge in [0.1, 0.15) is 0 Å². The standard InChI is InChI=1S/C11H22.C2H6/c1-6-10(4)8-11(5)7-9(2)3;1-2/h10-11H,2,6-8H2,1,3-5H3;1-2H3. The molecule has 0 N–H and O–H groups in total. The highest BCUT2D eigenvalue weighted by Gasteiger charge is 2.06. The lowest BCUT2D eigenvalue weighted by molar-refractivity contribution is 0.403. The van der Waals surface area contributed by atoms with Crippen LogP contribution in [0.2, 0.25) is 0 Å². The van der Waals surface area contributed by atoms with Crippen molar-refractivity contribution in [2.24, 2.45) is 11.8 Å². The largest absolute Gasteiger partial charge is 0.100 e. The molecular formula is C13H28. The predicted molar refractivity (Wildman–Crippen MR) is 64.0 cm³/mol. The number of allylic oxidation sites excluding steroid dienone is 1. The zero-order valence-electron chi connectivity index (χ0n) is 10.5. The molecule has 0 radical (unpaired) electrons. The van der Waals surface area contributed by atoms with Gasteiger partial charge in [0.25, 0.3) is 0 Å². The van der Waals surface area contributed by atoms with Crippen LogP contribution in [0, 0.1) is 11.8 Å². The van der Waals surface area contributed by atoms with Crippen LogP contribution in [0.4, 0.5) is 0 Å². The van der Waals surface area contributed by atoms with E-state index in [0.29, 0.717) is 0 Å². The molecule has 0 heteroatoms. The average Bonchev–Trinajstić information content (AvgIpc) is 2.06. The summed E-state index contributed by atoms with van der Waals surface area (Å²) in [5.41, 5.74) is 1.32. The van der Waals surface area contributed by atoms with Crippen LogP contribution in [0.25, 0.3) is 0 Å². The van der Waals surface area contributed by atoms with Gasteiger partial charge in [0, 0.05) is 0 Å². The fraction of sp³-hybridized carbons (Fsp3) is 0.846. The maximum Gasteiger partial charge on any atom is -0.0300 e. The van der Waals surface area contributed by atoms with Gasteiger partial charge in [-0.3, -0.25) is 0 Å². The number of rotatable bonds is 5. The van der Waals surface area contributed by atoms with Gasteiger partial charge in [-0.2, -0.15) is 0 Å². The summed E-state index contributed by atoms with van der Waals surface area (Å²) in [5, 5.41) is 0. The first-order valence-corrected chi connectivity index (χ1v) is 5.70. The Morgan fingerprint density at radius 3 is 1.92 bits per heavy atom. The maximum absolute atomic E-state index is 3.93. The molecule has 0 spiro atoms. The zero-order valence-corrected chi connectivity index (χ0v) is 10.5. The predicted octanol–water partition coefficient (Wildman–Crippen LogP) is 5.05. The van der Waals surface area contributed by atoms with Gasteiger partial charge in [0.2, 0.25) is 0 Å². The fourth-order valence-electron chi connectivity index (χ4n) is 1.53.